The molecule has 0 atom stereocenters. The molecule has 0 saturated heterocycles. The third kappa shape index (κ3) is 1.16. The van der Waals surface area contributed by atoms with E-state index in [-0.39, 0.29) is 0 Å². The average molecular weight is 127 g/mol. The van der Waals surface area contributed by atoms with Crippen LogP contribution < -0.4 is 5.73 Å². The molecular weight excluding hydrogens is 118 g/mol. The van der Waals surface area contributed by atoms with E-state index < -0.39 is 0 Å². The van der Waals surface area contributed by atoms with Crippen molar-refractivity contribution in [3.63, 3.8) is 0 Å². The Bertz CT molecular complexity index is 181. The Morgan fingerprint density at radius 1 is 1.67 bits per heavy atom. The molecule has 0 aliphatic carbocycles. The summed E-state index contributed by atoms with van der Waals surface area (Å²) in [7, 11) is 0. The van der Waals surface area contributed by atoms with Crippen molar-refractivity contribution in [3.8, 4) is 0 Å². The van der Waals surface area contributed by atoms with Crippen LogP contribution in [0.15, 0.2) is 0 Å². The van der Waals surface area contributed by atoms with Crippen molar-refractivity contribution in [1.29, 1.82) is 0 Å². The normalized spacial score (nSPS) is 9.89. The van der Waals surface area contributed by atoms with Crippen LogP contribution in [0.3, 0.4) is 0 Å². The maximum Gasteiger partial charge on any atom is 0.240 e. The fourth-order valence-corrected chi connectivity index (χ4v) is 0.583. The van der Waals surface area contributed by atoms with Crippen LogP contribution in [0.25, 0.3) is 0 Å². The summed E-state index contributed by atoms with van der Waals surface area (Å²) >= 11 is 0. The fourth-order valence-electron chi connectivity index (χ4n) is 0.583. The van der Waals surface area contributed by atoms with Crippen LogP contribution >= 0.6 is 0 Å². The number of anilines is 1. The molecule has 5 heteroatoms. The molecule has 1 rings (SSSR count). The van der Waals surface area contributed by atoms with E-state index in [0.29, 0.717) is 5.95 Å². The van der Waals surface area contributed by atoms with Gasteiger partial charge in [0.05, 0.1) is 0 Å². The van der Waals surface area contributed by atoms with Crippen LogP contribution in [0, 0.1) is 0 Å². The van der Waals surface area contributed by atoms with Crippen molar-refractivity contribution in [2.75, 3.05) is 5.73 Å². The maximum absolute atomic E-state index is 5.35. The smallest absolute Gasteiger partial charge is 0.240 e. The number of rotatable bonds is 2. The van der Waals surface area contributed by atoms with Crippen LogP contribution in [0.2, 0.25) is 0 Å². The van der Waals surface area contributed by atoms with Crippen molar-refractivity contribution >= 4 is 5.95 Å². The Kier molecular flexibility index (Phi) is 1.62. The van der Waals surface area contributed by atoms with E-state index in [1.807, 2.05) is 6.92 Å². The number of nitrogens with two attached hydrogens (primary N) is 1. The summed E-state index contributed by atoms with van der Waals surface area (Å²) < 4.78 is 1.57. The van der Waals surface area contributed by atoms with Gasteiger partial charge in [0.15, 0.2) is 0 Å². The van der Waals surface area contributed by atoms with E-state index in [4.69, 9.17) is 5.73 Å². The summed E-state index contributed by atoms with van der Waals surface area (Å²) in [5.41, 5.74) is 5.35. The predicted molar refractivity (Wildman–Crippen MR) is 32.5 cm³/mol. The summed E-state index contributed by atoms with van der Waals surface area (Å²) in [6, 6.07) is 0. The lowest BCUT2D eigenvalue weighted by molar-refractivity contribution is 0.585. The van der Waals surface area contributed by atoms with Gasteiger partial charge in [-0.2, -0.15) is 0 Å². The molecule has 0 amide bonds. The van der Waals surface area contributed by atoms with Gasteiger partial charge < -0.3 is 5.73 Å². The Morgan fingerprint density at radius 3 is 2.89 bits per heavy atom. The molecule has 0 aromatic carbocycles. The van der Waals surface area contributed by atoms with E-state index in [0.717, 1.165) is 13.0 Å². The van der Waals surface area contributed by atoms with E-state index in [1.165, 1.54) is 0 Å². The van der Waals surface area contributed by atoms with E-state index in [1.54, 1.807) is 4.68 Å². The predicted octanol–water partition coefficient (Wildman–Crippen LogP) is -0.335. The van der Waals surface area contributed by atoms with Crippen molar-refractivity contribution < 1.29 is 0 Å². The number of hydrogen-bond acceptors (Lipinski definition) is 4. The van der Waals surface area contributed by atoms with Gasteiger partial charge in [0, 0.05) is 6.54 Å². The zero-order chi connectivity index (χ0) is 6.69. The van der Waals surface area contributed by atoms with Gasteiger partial charge in [-0.3, -0.25) is 0 Å². The fraction of sp³-hybridized carbons (Fsp3) is 0.750. The minimum atomic E-state index is 0.386. The average Bonchev–Trinajstić information content (AvgIpc) is 2.18. The zero-order valence-electron chi connectivity index (χ0n) is 5.28. The Hall–Kier alpha value is -1.13. The number of hydrogen-bond donors (Lipinski definition) is 1. The molecule has 9 heavy (non-hydrogen) atoms. The van der Waals surface area contributed by atoms with Gasteiger partial charge in [-0.05, 0) is 16.8 Å². The second-order valence-corrected chi connectivity index (χ2v) is 1.76. The van der Waals surface area contributed by atoms with Crippen molar-refractivity contribution in [2.24, 2.45) is 0 Å². The highest BCUT2D eigenvalue weighted by Gasteiger charge is 1.95. The number of nitrogen functional groups attached to an aromatic ring is 1. The third-order valence-electron chi connectivity index (χ3n) is 0.995. The standard InChI is InChI=1S/C4H9N5/c1-2-3-9-4(5)6-7-8-9/h2-3H2,1H3,(H2,5,6,8). The summed E-state index contributed by atoms with van der Waals surface area (Å²) in [6.07, 6.45) is 0.995. The molecule has 1 aromatic heterocycles. The SMILES string of the molecule is CCCn1nnnc1N. The number of nitrogens with zero attached hydrogens (tertiary/aromatic N) is 4. The first kappa shape index (κ1) is 6.00. The molecule has 0 fully saturated rings. The minimum Gasteiger partial charge on any atom is -0.367 e. The Balaban J connectivity index is 2.69. The topological polar surface area (TPSA) is 69.6 Å². The van der Waals surface area contributed by atoms with Gasteiger partial charge in [0.2, 0.25) is 5.95 Å². The van der Waals surface area contributed by atoms with E-state index >= 15 is 0 Å². The second-order valence-electron chi connectivity index (χ2n) is 1.76. The monoisotopic (exact) mass is 127 g/mol. The molecule has 0 aliphatic heterocycles. The summed E-state index contributed by atoms with van der Waals surface area (Å²) in [6.45, 7) is 2.83. The minimum absolute atomic E-state index is 0.386. The van der Waals surface area contributed by atoms with Crippen molar-refractivity contribution in [3.05, 3.63) is 0 Å². The largest absolute Gasteiger partial charge is 0.367 e. The van der Waals surface area contributed by atoms with Crippen LogP contribution in [-0.4, -0.2) is 20.2 Å². The van der Waals surface area contributed by atoms with Gasteiger partial charge in [0.25, 0.3) is 0 Å². The van der Waals surface area contributed by atoms with Gasteiger partial charge in [-0.15, -0.1) is 0 Å². The van der Waals surface area contributed by atoms with Crippen LogP contribution in [0.1, 0.15) is 13.3 Å². The Morgan fingerprint density at radius 2 is 2.44 bits per heavy atom. The lowest BCUT2D eigenvalue weighted by Crippen LogP contribution is -2.04. The van der Waals surface area contributed by atoms with Crippen LogP contribution in [0.5, 0.6) is 0 Å². The molecule has 0 bridgehead atoms. The highest BCUT2D eigenvalue weighted by atomic mass is 15.6. The zero-order valence-corrected chi connectivity index (χ0v) is 5.28. The molecule has 2 N–H and O–H groups in total. The van der Waals surface area contributed by atoms with Crippen LogP contribution in [0.4, 0.5) is 5.95 Å². The molecule has 0 radical (unpaired) electrons. The molecular formula is C4H9N5. The first-order valence-corrected chi connectivity index (χ1v) is 2.86. The van der Waals surface area contributed by atoms with Crippen molar-refractivity contribution in [2.45, 2.75) is 19.9 Å². The molecule has 0 aliphatic rings. The van der Waals surface area contributed by atoms with Crippen LogP contribution in [-0.2, 0) is 6.54 Å². The summed E-state index contributed by atoms with van der Waals surface area (Å²) in [4.78, 5) is 0. The molecule has 0 spiro atoms. The van der Waals surface area contributed by atoms with Gasteiger partial charge >= 0.3 is 0 Å². The Labute approximate surface area is 52.8 Å². The first-order valence-electron chi connectivity index (χ1n) is 2.86. The third-order valence-corrected chi connectivity index (χ3v) is 0.995. The first-order chi connectivity index (χ1) is 4.34. The highest BCUT2D eigenvalue weighted by Crippen LogP contribution is 1.92. The number of aromatic nitrogens is 4. The van der Waals surface area contributed by atoms with E-state index in [2.05, 4.69) is 15.5 Å². The van der Waals surface area contributed by atoms with Gasteiger partial charge in [-0.25, -0.2) is 4.68 Å². The quantitative estimate of drug-likeness (QED) is 0.590. The molecule has 1 heterocycles. The molecule has 1 aromatic rings. The second kappa shape index (κ2) is 2.43. The summed E-state index contributed by atoms with van der Waals surface area (Å²) in [5, 5.41) is 10.5. The molecule has 5 nitrogen and oxygen atoms in total. The molecule has 0 unspecified atom stereocenters. The van der Waals surface area contributed by atoms with Gasteiger partial charge in [-0.1, -0.05) is 12.0 Å². The molecule has 0 saturated carbocycles. The number of tetrazole rings is 1. The lowest BCUT2D eigenvalue weighted by atomic mass is 10.5. The van der Waals surface area contributed by atoms with Crippen molar-refractivity contribution in [1.82, 2.24) is 20.2 Å². The molecule has 50 valence electrons. The highest BCUT2D eigenvalue weighted by molar-refractivity contribution is 5.09. The summed E-state index contributed by atoms with van der Waals surface area (Å²) in [5.74, 6) is 0.386. The lowest BCUT2D eigenvalue weighted by Gasteiger charge is -1.94. The van der Waals surface area contributed by atoms with Gasteiger partial charge in [0.1, 0.15) is 0 Å². The maximum atomic E-state index is 5.35. The number of aryl methyl sites for hydroxylation is 1. The van der Waals surface area contributed by atoms with E-state index in [9.17, 15) is 0 Å².